The highest BCUT2D eigenvalue weighted by Gasteiger charge is 2.22. The van der Waals surface area contributed by atoms with Crippen molar-refractivity contribution in [2.24, 2.45) is 4.99 Å². The molecule has 1 aromatic heterocycles. The summed E-state index contributed by atoms with van der Waals surface area (Å²) in [6, 6.07) is 18.5. The number of fused-ring (bicyclic) bond motifs is 1. The predicted molar refractivity (Wildman–Crippen MR) is 128 cm³/mol. The molecule has 1 aliphatic rings. The van der Waals surface area contributed by atoms with E-state index in [1.165, 1.54) is 0 Å². The number of methoxy groups -OCH3 is 1. The van der Waals surface area contributed by atoms with Gasteiger partial charge in [0.05, 0.1) is 13.1 Å². The Morgan fingerprint density at radius 3 is 2.76 bits per heavy atom. The van der Waals surface area contributed by atoms with Crippen molar-refractivity contribution in [1.82, 2.24) is 25.4 Å². The van der Waals surface area contributed by atoms with Gasteiger partial charge in [-0.15, -0.1) is 0 Å². The van der Waals surface area contributed by atoms with E-state index in [2.05, 4.69) is 45.8 Å². The molecule has 0 spiro atoms. The molecular weight excluding hydrogens is 416 g/mol. The van der Waals surface area contributed by atoms with Crippen LogP contribution in [0.4, 0.5) is 0 Å². The number of nitrogens with one attached hydrogen (secondary N) is 2. The van der Waals surface area contributed by atoms with Crippen LogP contribution >= 0.6 is 0 Å². The highest BCUT2D eigenvalue weighted by atomic mass is 16.5. The summed E-state index contributed by atoms with van der Waals surface area (Å²) in [5, 5.41) is 11.5. The van der Waals surface area contributed by atoms with Gasteiger partial charge in [-0.1, -0.05) is 48.5 Å². The van der Waals surface area contributed by atoms with Crippen molar-refractivity contribution < 1.29 is 9.47 Å². The molecule has 1 aliphatic heterocycles. The Morgan fingerprint density at radius 1 is 1.12 bits per heavy atom. The summed E-state index contributed by atoms with van der Waals surface area (Å²) >= 11 is 0. The minimum atomic E-state index is 0.233. The largest absolute Gasteiger partial charge is 0.489 e. The lowest BCUT2D eigenvalue weighted by Crippen LogP contribution is -2.47. The smallest absolute Gasteiger partial charge is 0.191 e. The van der Waals surface area contributed by atoms with E-state index >= 15 is 0 Å². The number of rotatable bonds is 9. The van der Waals surface area contributed by atoms with Crippen molar-refractivity contribution in [3.8, 4) is 5.75 Å². The summed E-state index contributed by atoms with van der Waals surface area (Å²) in [6.45, 7) is 5.12. The zero-order valence-corrected chi connectivity index (χ0v) is 19.3. The Labute approximate surface area is 195 Å². The molecule has 0 aliphatic carbocycles. The molecule has 3 aromatic rings. The Hall–Kier alpha value is -3.39. The van der Waals surface area contributed by atoms with Gasteiger partial charge in [0.15, 0.2) is 11.8 Å². The maximum Gasteiger partial charge on any atom is 0.191 e. The molecule has 8 heteroatoms. The zero-order valence-electron chi connectivity index (χ0n) is 19.3. The fraction of sp³-hybridized carbons (Fsp3) is 0.400. The normalized spacial score (nSPS) is 15.7. The molecule has 33 heavy (non-hydrogen) atoms. The number of ether oxygens (including phenoxy) is 2. The molecular formula is C25H32N6O2. The maximum atomic E-state index is 6.09. The van der Waals surface area contributed by atoms with Crippen LogP contribution in [0.3, 0.4) is 0 Å². The van der Waals surface area contributed by atoms with Gasteiger partial charge in [0, 0.05) is 31.7 Å². The number of guanidine groups is 1. The molecule has 0 fully saturated rings. The van der Waals surface area contributed by atoms with Gasteiger partial charge in [-0.3, -0.25) is 0 Å². The highest BCUT2D eigenvalue weighted by molar-refractivity contribution is 5.80. The Kier molecular flexibility index (Phi) is 7.92. The SMILES string of the molecule is CCNC(=NCc1ccccc1OCc1ccccc1)NC1CCc2nc(COC)nn2C1. The van der Waals surface area contributed by atoms with Gasteiger partial charge >= 0.3 is 0 Å². The number of aliphatic imine (C=N–C) groups is 1. The van der Waals surface area contributed by atoms with Crippen LogP contribution in [-0.2, 0) is 37.5 Å². The summed E-state index contributed by atoms with van der Waals surface area (Å²) in [6.07, 6.45) is 1.86. The van der Waals surface area contributed by atoms with Gasteiger partial charge in [-0.25, -0.2) is 14.7 Å². The van der Waals surface area contributed by atoms with E-state index in [1.807, 2.05) is 41.1 Å². The van der Waals surface area contributed by atoms with Crippen molar-refractivity contribution in [2.75, 3.05) is 13.7 Å². The third-order valence-corrected chi connectivity index (χ3v) is 5.48. The fourth-order valence-corrected chi connectivity index (χ4v) is 3.86. The number of nitrogens with zero attached hydrogens (tertiary/aromatic N) is 4. The lowest BCUT2D eigenvalue weighted by molar-refractivity contribution is 0.177. The number of hydrogen-bond acceptors (Lipinski definition) is 5. The van der Waals surface area contributed by atoms with Gasteiger partial charge < -0.3 is 20.1 Å². The first-order chi connectivity index (χ1) is 16.2. The molecule has 0 radical (unpaired) electrons. The Balaban J connectivity index is 1.39. The minimum absolute atomic E-state index is 0.233. The number of para-hydroxylation sites is 1. The van der Waals surface area contributed by atoms with Crippen LogP contribution < -0.4 is 15.4 Å². The van der Waals surface area contributed by atoms with E-state index in [0.717, 1.165) is 60.4 Å². The van der Waals surface area contributed by atoms with Gasteiger partial charge in [-0.05, 0) is 25.0 Å². The van der Waals surface area contributed by atoms with Gasteiger partial charge in [0.1, 0.15) is 24.8 Å². The topological polar surface area (TPSA) is 85.6 Å². The summed E-state index contributed by atoms with van der Waals surface area (Å²) in [7, 11) is 1.66. The molecule has 4 rings (SSSR count). The molecule has 0 amide bonds. The van der Waals surface area contributed by atoms with Crippen LogP contribution in [0, 0.1) is 0 Å². The summed E-state index contributed by atoms with van der Waals surface area (Å²) in [4.78, 5) is 9.39. The molecule has 0 bridgehead atoms. The lowest BCUT2D eigenvalue weighted by atomic mass is 10.1. The summed E-state index contributed by atoms with van der Waals surface area (Å²) in [5.74, 6) is 3.41. The van der Waals surface area contributed by atoms with Crippen molar-refractivity contribution >= 4 is 5.96 Å². The van der Waals surface area contributed by atoms with Crippen LogP contribution in [0.15, 0.2) is 59.6 Å². The predicted octanol–water partition coefficient (Wildman–Crippen LogP) is 3.07. The average molecular weight is 449 g/mol. The van der Waals surface area contributed by atoms with Gasteiger partial charge in [0.2, 0.25) is 0 Å². The molecule has 0 saturated heterocycles. The molecule has 0 saturated carbocycles. The van der Waals surface area contributed by atoms with Crippen LogP contribution in [0.1, 0.15) is 36.1 Å². The van der Waals surface area contributed by atoms with Gasteiger partial charge in [0.25, 0.3) is 0 Å². The maximum absolute atomic E-state index is 6.09. The Morgan fingerprint density at radius 2 is 1.94 bits per heavy atom. The molecule has 2 heterocycles. The van der Waals surface area contributed by atoms with E-state index in [9.17, 15) is 0 Å². The monoisotopic (exact) mass is 448 g/mol. The zero-order chi connectivity index (χ0) is 22.9. The average Bonchev–Trinajstić information content (AvgIpc) is 3.24. The molecule has 1 atom stereocenters. The van der Waals surface area contributed by atoms with Crippen molar-refractivity contribution in [2.45, 2.75) is 52.1 Å². The van der Waals surface area contributed by atoms with Crippen LogP contribution in [0.5, 0.6) is 5.75 Å². The van der Waals surface area contributed by atoms with E-state index < -0.39 is 0 Å². The molecule has 8 nitrogen and oxygen atoms in total. The van der Waals surface area contributed by atoms with Crippen LogP contribution in [0.25, 0.3) is 0 Å². The molecule has 2 aromatic carbocycles. The standard InChI is InChI=1S/C25H32N6O2/c1-3-26-25(28-21-13-14-24-29-23(18-32-2)30-31(24)16-21)27-15-20-11-7-8-12-22(20)33-17-19-9-5-4-6-10-19/h4-12,21H,3,13-18H2,1-2H3,(H2,26,27,28). The quantitative estimate of drug-likeness (QED) is 0.387. The van der Waals surface area contributed by atoms with Crippen LogP contribution in [0.2, 0.25) is 0 Å². The number of aryl methyl sites for hydroxylation is 1. The molecule has 174 valence electrons. The van der Waals surface area contributed by atoms with Crippen molar-refractivity contribution in [3.05, 3.63) is 77.4 Å². The number of aromatic nitrogens is 3. The van der Waals surface area contributed by atoms with Crippen molar-refractivity contribution in [1.29, 1.82) is 0 Å². The third-order valence-electron chi connectivity index (χ3n) is 5.48. The molecule has 1 unspecified atom stereocenters. The van der Waals surface area contributed by atoms with Crippen molar-refractivity contribution in [3.63, 3.8) is 0 Å². The third kappa shape index (κ3) is 6.32. The first-order valence-corrected chi connectivity index (χ1v) is 11.5. The minimum Gasteiger partial charge on any atom is -0.489 e. The van der Waals surface area contributed by atoms with Gasteiger partial charge in [-0.2, -0.15) is 5.10 Å². The second kappa shape index (κ2) is 11.5. The first-order valence-electron chi connectivity index (χ1n) is 11.5. The highest BCUT2D eigenvalue weighted by Crippen LogP contribution is 2.20. The Bertz CT molecular complexity index is 1050. The number of benzene rings is 2. The molecule has 2 N–H and O–H groups in total. The second-order valence-electron chi connectivity index (χ2n) is 8.02. The fourth-order valence-electron chi connectivity index (χ4n) is 3.86. The second-order valence-corrected chi connectivity index (χ2v) is 8.02. The van der Waals surface area contributed by atoms with E-state index in [4.69, 9.17) is 14.5 Å². The lowest BCUT2D eigenvalue weighted by Gasteiger charge is -2.25. The van der Waals surface area contributed by atoms with Crippen LogP contribution in [-0.4, -0.2) is 40.4 Å². The van der Waals surface area contributed by atoms with E-state index in [1.54, 1.807) is 7.11 Å². The summed E-state index contributed by atoms with van der Waals surface area (Å²) < 4.78 is 13.2. The number of hydrogen-bond donors (Lipinski definition) is 2. The first kappa shape index (κ1) is 22.8. The van der Waals surface area contributed by atoms with E-state index in [0.29, 0.717) is 19.8 Å². The van der Waals surface area contributed by atoms with E-state index in [-0.39, 0.29) is 6.04 Å². The summed E-state index contributed by atoms with van der Waals surface area (Å²) in [5.41, 5.74) is 2.20.